The highest BCUT2D eigenvalue weighted by atomic mass is 14.5. The van der Waals surface area contributed by atoms with Crippen molar-refractivity contribution in [1.29, 1.82) is 0 Å². The highest BCUT2D eigenvalue weighted by Crippen LogP contribution is 2.62. The zero-order chi connectivity index (χ0) is 41.7. The molecule has 0 radical (unpaired) electrons. The van der Waals surface area contributed by atoms with E-state index in [4.69, 9.17) is 0 Å². The van der Waals surface area contributed by atoms with E-state index in [0.717, 1.165) is 19.3 Å². The summed E-state index contributed by atoms with van der Waals surface area (Å²) in [4.78, 5) is 0. The normalized spacial score (nSPS) is 26.3. The fourth-order valence-corrected chi connectivity index (χ4v) is 13.5. The van der Waals surface area contributed by atoms with Crippen molar-refractivity contribution in [3.8, 4) is 33.4 Å². The number of fused-ring (bicyclic) bond motifs is 12. The Morgan fingerprint density at radius 1 is 0.410 bits per heavy atom. The second kappa shape index (κ2) is 12.8. The van der Waals surface area contributed by atoms with Crippen LogP contribution in [-0.4, -0.2) is 0 Å². The summed E-state index contributed by atoms with van der Waals surface area (Å²) in [7, 11) is 0. The Balaban J connectivity index is 0.824. The molecule has 5 atom stereocenters. The molecule has 0 heterocycles. The van der Waals surface area contributed by atoms with E-state index in [1.165, 1.54) is 77.9 Å². The summed E-state index contributed by atoms with van der Waals surface area (Å²) in [5.74, 6) is 2.88. The van der Waals surface area contributed by atoms with Crippen LogP contribution >= 0.6 is 0 Å². The van der Waals surface area contributed by atoms with Crippen LogP contribution in [0.5, 0.6) is 0 Å². The third-order valence-corrected chi connectivity index (χ3v) is 17.5. The SMILES string of the molecule is CC1c2ccccc2C2=CC=C(C3=CC=C4C5=CC=C(c6ccc7c(c6)C(C)(C)c6cc(-c8ccc9c(c8)C(C)(C)c8ccccc8-9)ccc6-7)CC5C(C)(C)C4C3)CC2C1C. The third kappa shape index (κ3) is 5.18. The van der Waals surface area contributed by atoms with Gasteiger partial charge < -0.3 is 0 Å². The van der Waals surface area contributed by atoms with Crippen LogP contribution in [0.4, 0.5) is 0 Å². The predicted octanol–water partition coefficient (Wildman–Crippen LogP) is 16.0. The van der Waals surface area contributed by atoms with Crippen LogP contribution in [0.1, 0.15) is 120 Å². The number of hydrogen-bond acceptors (Lipinski definition) is 0. The van der Waals surface area contributed by atoms with Gasteiger partial charge in [-0.3, -0.25) is 0 Å². The monoisotopic (exact) mass is 790 g/mol. The quantitative estimate of drug-likeness (QED) is 0.171. The predicted molar refractivity (Wildman–Crippen MR) is 257 cm³/mol. The van der Waals surface area contributed by atoms with E-state index >= 15 is 0 Å². The zero-order valence-electron chi connectivity index (χ0n) is 37.3. The Morgan fingerprint density at radius 3 is 1.51 bits per heavy atom. The molecule has 0 bridgehead atoms. The van der Waals surface area contributed by atoms with Crippen molar-refractivity contribution in [2.24, 2.45) is 29.1 Å². The largest absolute Gasteiger partial charge is 0.0619 e. The van der Waals surface area contributed by atoms with Gasteiger partial charge in [0.05, 0.1) is 0 Å². The molecule has 0 amide bonds. The topological polar surface area (TPSA) is 0 Å². The van der Waals surface area contributed by atoms with E-state index in [1.54, 1.807) is 27.9 Å². The van der Waals surface area contributed by atoms with E-state index in [2.05, 4.69) is 195 Å². The van der Waals surface area contributed by atoms with Crippen molar-refractivity contribution in [1.82, 2.24) is 0 Å². The summed E-state index contributed by atoms with van der Waals surface area (Å²) < 4.78 is 0. The van der Waals surface area contributed by atoms with Crippen LogP contribution in [-0.2, 0) is 10.8 Å². The van der Waals surface area contributed by atoms with Gasteiger partial charge in [-0.15, -0.1) is 0 Å². The molecule has 0 spiro atoms. The highest BCUT2D eigenvalue weighted by molar-refractivity contribution is 5.88. The van der Waals surface area contributed by atoms with Gasteiger partial charge >= 0.3 is 0 Å². The van der Waals surface area contributed by atoms with Gasteiger partial charge in [-0.05, 0) is 178 Å². The number of hydrogen-bond donors (Lipinski definition) is 0. The molecule has 7 aliphatic rings. The van der Waals surface area contributed by atoms with Crippen molar-refractivity contribution in [3.63, 3.8) is 0 Å². The summed E-state index contributed by atoms with van der Waals surface area (Å²) in [6.07, 6.45) is 18.3. The molecule has 5 unspecified atom stereocenters. The maximum Gasteiger partial charge on any atom is 0.0159 e. The van der Waals surface area contributed by atoms with Gasteiger partial charge in [-0.25, -0.2) is 0 Å². The third-order valence-electron chi connectivity index (χ3n) is 17.5. The molecule has 7 aliphatic carbocycles. The first-order valence-corrected chi connectivity index (χ1v) is 23.2. The molecule has 5 aromatic carbocycles. The number of rotatable bonds is 3. The Bertz CT molecular complexity index is 2960. The molecular weight excluding hydrogens is 733 g/mol. The lowest BCUT2D eigenvalue weighted by atomic mass is 9.63. The smallest absolute Gasteiger partial charge is 0.0159 e. The Hall–Kier alpha value is -5.46. The van der Waals surface area contributed by atoms with E-state index in [9.17, 15) is 0 Å². The van der Waals surface area contributed by atoms with Crippen LogP contribution in [0.3, 0.4) is 0 Å². The van der Waals surface area contributed by atoms with Gasteiger partial charge in [0.15, 0.2) is 0 Å². The first-order chi connectivity index (χ1) is 29.3. The average Bonchev–Trinajstić information content (AvgIpc) is 3.76. The summed E-state index contributed by atoms with van der Waals surface area (Å²) in [5.41, 5.74) is 27.8. The molecule has 0 saturated heterocycles. The zero-order valence-corrected chi connectivity index (χ0v) is 37.3. The van der Waals surface area contributed by atoms with Crippen LogP contribution in [0, 0.1) is 29.1 Å². The van der Waals surface area contributed by atoms with E-state index < -0.39 is 0 Å². The molecule has 12 rings (SSSR count). The summed E-state index contributed by atoms with van der Waals surface area (Å²) >= 11 is 0. The van der Waals surface area contributed by atoms with Gasteiger partial charge in [-0.2, -0.15) is 0 Å². The maximum absolute atomic E-state index is 2.57. The molecule has 0 heteroatoms. The van der Waals surface area contributed by atoms with Crippen molar-refractivity contribution in [2.75, 3.05) is 0 Å². The van der Waals surface area contributed by atoms with E-state index in [0.29, 0.717) is 29.6 Å². The molecule has 1 saturated carbocycles. The van der Waals surface area contributed by atoms with Crippen molar-refractivity contribution in [2.45, 2.75) is 91.4 Å². The Labute approximate surface area is 364 Å². The lowest BCUT2D eigenvalue weighted by molar-refractivity contribution is 0.207. The van der Waals surface area contributed by atoms with Crippen LogP contribution in [0.25, 0.3) is 44.5 Å². The lowest BCUT2D eigenvalue weighted by Gasteiger charge is -2.41. The minimum Gasteiger partial charge on any atom is -0.0619 e. The molecule has 0 aliphatic heterocycles. The van der Waals surface area contributed by atoms with E-state index in [-0.39, 0.29) is 16.2 Å². The second-order valence-corrected chi connectivity index (χ2v) is 21.4. The lowest BCUT2D eigenvalue weighted by Crippen LogP contribution is -2.29. The molecule has 0 aromatic heterocycles. The molecule has 1 fully saturated rings. The molecule has 0 nitrogen and oxygen atoms in total. The van der Waals surface area contributed by atoms with Gasteiger partial charge in [0.25, 0.3) is 0 Å². The second-order valence-electron chi connectivity index (χ2n) is 21.4. The van der Waals surface area contributed by atoms with Gasteiger partial charge in [-0.1, -0.05) is 177 Å². The first kappa shape index (κ1) is 37.3. The summed E-state index contributed by atoms with van der Waals surface area (Å²) in [6.45, 7) is 19.7. The highest BCUT2D eigenvalue weighted by Gasteiger charge is 2.51. The molecule has 302 valence electrons. The minimum atomic E-state index is -0.0891. The Morgan fingerprint density at radius 2 is 0.869 bits per heavy atom. The maximum atomic E-state index is 2.57. The standard InChI is InChI=1S/C61H58/c1-35-36(2)52-29-37(17-23-45(52)44-14-10-9-13-43(35)44)38-18-25-48-49-27-21-41(33-56(49)60(5,6)55(48)30-38)42-22-28-51-50-26-20-40(32-57(50)61(7,8)58(51)34-42)39-19-24-47-46-15-11-12-16-53(46)59(3,4)54(47)31-39/h9-28,31-32,34-36,52,55-56H,29-30,33H2,1-8H3. The fraction of sp³-hybridized carbons (Fsp3) is 0.311. The molecular formula is C61H58. The summed E-state index contributed by atoms with van der Waals surface area (Å²) in [5, 5.41) is 0. The molecule has 61 heavy (non-hydrogen) atoms. The Kier molecular flexibility index (Phi) is 7.83. The van der Waals surface area contributed by atoms with Crippen LogP contribution in [0.15, 0.2) is 162 Å². The first-order valence-electron chi connectivity index (χ1n) is 23.2. The van der Waals surface area contributed by atoms with Crippen molar-refractivity contribution in [3.05, 3.63) is 201 Å². The van der Waals surface area contributed by atoms with Crippen LogP contribution < -0.4 is 0 Å². The average molecular weight is 791 g/mol. The number of benzene rings is 5. The van der Waals surface area contributed by atoms with E-state index in [1.807, 2.05) is 0 Å². The number of allylic oxidation sites excluding steroid dienone is 12. The summed E-state index contributed by atoms with van der Waals surface area (Å²) in [6, 6.07) is 39.9. The molecule has 0 N–H and O–H groups in total. The van der Waals surface area contributed by atoms with Gasteiger partial charge in [0.2, 0.25) is 0 Å². The molecule has 5 aromatic rings. The van der Waals surface area contributed by atoms with Gasteiger partial charge in [0.1, 0.15) is 0 Å². The van der Waals surface area contributed by atoms with Crippen molar-refractivity contribution >= 4 is 11.1 Å². The minimum absolute atomic E-state index is 0.00693. The van der Waals surface area contributed by atoms with Gasteiger partial charge in [0, 0.05) is 10.8 Å². The van der Waals surface area contributed by atoms with Crippen LogP contribution in [0.2, 0.25) is 0 Å². The van der Waals surface area contributed by atoms with Crippen molar-refractivity contribution < 1.29 is 0 Å². The fourth-order valence-electron chi connectivity index (χ4n) is 13.5.